The molecule has 26 valence electrons. The molecule has 0 aromatic heterocycles. The molecule has 0 aliphatic carbocycles. The van der Waals surface area contributed by atoms with Gasteiger partial charge in [0.05, 0.1) is 0 Å². The maximum absolute atomic E-state index is 7.12. The highest BCUT2D eigenvalue weighted by atomic mass is 16.4. The molecular formula is CH7BO2. The SMILES string of the molecule is C.OBO. The molecule has 0 aromatic rings. The number of hydrogen-bond donors (Lipinski definition) is 2. The van der Waals surface area contributed by atoms with Crippen LogP contribution in [0.2, 0.25) is 0 Å². The first-order valence-electron chi connectivity index (χ1n) is 0.632. The summed E-state index contributed by atoms with van der Waals surface area (Å²) >= 11 is 0. The van der Waals surface area contributed by atoms with Crippen molar-refractivity contribution in [2.45, 2.75) is 7.43 Å². The first-order valence-corrected chi connectivity index (χ1v) is 0.632. The molecule has 0 unspecified atom stereocenters. The fourth-order valence-corrected chi connectivity index (χ4v) is 0. The molecule has 0 aromatic carbocycles. The summed E-state index contributed by atoms with van der Waals surface area (Å²) in [6.45, 7) is 0. The summed E-state index contributed by atoms with van der Waals surface area (Å²) in [6.07, 6.45) is 0. The average Bonchev–Trinajstić information content (AvgIpc) is 0.918. The van der Waals surface area contributed by atoms with Crippen LogP contribution in [0.25, 0.3) is 0 Å². The Labute approximate surface area is 26.4 Å². The van der Waals surface area contributed by atoms with Crippen molar-refractivity contribution in [2.24, 2.45) is 0 Å². The molecule has 0 heterocycles. The molecule has 2 nitrogen and oxygen atoms in total. The van der Waals surface area contributed by atoms with Crippen molar-refractivity contribution < 1.29 is 10.0 Å². The Morgan fingerprint density at radius 1 is 1.25 bits per heavy atom. The molecule has 0 rings (SSSR count). The molecule has 0 amide bonds. The molecule has 0 saturated heterocycles. The lowest BCUT2D eigenvalue weighted by Gasteiger charge is -1.48. The van der Waals surface area contributed by atoms with Crippen LogP contribution in [0, 0.1) is 0 Å². The molecule has 0 radical (unpaired) electrons. The minimum absolute atomic E-state index is 0. The van der Waals surface area contributed by atoms with Crippen LogP contribution in [0.15, 0.2) is 0 Å². The summed E-state index contributed by atoms with van der Waals surface area (Å²) in [4.78, 5) is 0. The molecule has 0 spiro atoms. The molecular weight excluding hydrogens is 54.8 g/mol. The second-order valence-corrected chi connectivity index (χ2v) is 0.141. The highest BCUT2D eigenvalue weighted by Gasteiger charge is 1.48. The largest absolute Gasteiger partial charge is 0.432 e. The third-order valence-electron chi connectivity index (χ3n) is 0. The van der Waals surface area contributed by atoms with Crippen LogP contribution in [0.3, 0.4) is 0 Å². The van der Waals surface area contributed by atoms with E-state index in [1.165, 1.54) is 0 Å². The Morgan fingerprint density at radius 2 is 1.25 bits per heavy atom. The zero-order chi connectivity index (χ0) is 2.71. The van der Waals surface area contributed by atoms with Crippen molar-refractivity contribution in [2.75, 3.05) is 0 Å². The quantitative estimate of drug-likeness (QED) is 0.348. The standard InChI is InChI=1S/CH4.BH3O2/c;2-1-3/h1H4;1-3H. The number of hydrogen-bond acceptors (Lipinski definition) is 2. The van der Waals surface area contributed by atoms with E-state index in [1.54, 1.807) is 0 Å². The van der Waals surface area contributed by atoms with Gasteiger partial charge in [-0.2, -0.15) is 0 Å². The lowest BCUT2D eigenvalue weighted by molar-refractivity contribution is 0.448. The molecule has 0 aliphatic rings. The number of rotatable bonds is 0. The van der Waals surface area contributed by atoms with Gasteiger partial charge >= 0.3 is 7.69 Å². The van der Waals surface area contributed by atoms with Gasteiger partial charge in [-0.15, -0.1) is 0 Å². The van der Waals surface area contributed by atoms with Crippen LogP contribution in [-0.2, 0) is 0 Å². The highest BCUT2D eigenvalue weighted by Crippen LogP contribution is 1.08. The third-order valence-corrected chi connectivity index (χ3v) is 0. The summed E-state index contributed by atoms with van der Waals surface area (Å²) in [7, 11) is -0.750. The fraction of sp³-hybridized carbons (Fsp3) is 1.00. The van der Waals surface area contributed by atoms with Crippen molar-refractivity contribution in [3.05, 3.63) is 0 Å². The van der Waals surface area contributed by atoms with Crippen molar-refractivity contribution >= 4 is 7.69 Å². The van der Waals surface area contributed by atoms with E-state index in [0.29, 0.717) is 0 Å². The van der Waals surface area contributed by atoms with Gasteiger partial charge in [0.15, 0.2) is 0 Å². The van der Waals surface area contributed by atoms with E-state index >= 15 is 0 Å². The zero-order valence-electron chi connectivity index (χ0n) is 1.60. The topological polar surface area (TPSA) is 40.5 Å². The van der Waals surface area contributed by atoms with E-state index in [9.17, 15) is 0 Å². The Kier molecular flexibility index (Phi) is 27.3. The van der Waals surface area contributed by atoms with E-state index in [-0.39, 0.29) is 7.43 Å². The Morgan fingerprint density at radius 3 is 1.25 bits per heavy atom. The van der Waals surface area contributed by atoms with Gasteiger partial charge in [0.2, 0.25) is 0 Å². The first kappa shape index (κ1) is 9.01. The van der Waals surface area contributed by atoms with Crippen molar-refractivity contribution in [3.63, 3.8) is 0 Å². The van der Waals surface area contributed by atoms with Gasteiger partial charge < -0.3 is 10.0 Å². The molecule has 0 saturated carbocycles. The van der Waals surface area contributed by atoms with Crippen LogP contribution >= 0.6 is 0 Å². The van der Waals surface area contributed by atoms with Gasteiger partial charge in [-0.05, 0) is 0 Å². The Hall–Kier alpha value is -0.0151. The van der Waals surface area contributed by atoms with Gasteiger partial charge in [0, 0.05) is 0 Å². The molecule has 0 fully saturated rings. The molecule has 4 heavy (non-hydrogen) atoms. The van der Waals surface area contributed by atoms with E-state index in [2.05, 4.69) is 0 Å². The van der Waals surface area contributed by atoms with Crippen molar-refractivity contribution in [1.82, 2.24) is 0 Å². The van der Waals surface area contributed by atoms with Gasteiger partial charge in [0.1, 0.15) is 0 Å². The minimum Gasteiger partial charge on any atom is -0.430 e. The van der Waals surface area contributed by atoms with Crippen molar-refractivity contribution in [1.29, 1.82) is 0 Å². The van der Waals surface area contributed by atoms with E-state index in [0.717, 1.165) is 0 Å². The lowest BCUT2D eigenvalue weighted by atomic mass is 10.5. The predicted molar refractivity (Wildman–Crippen MR) is 18.3 cm³/mol. The predicted octanol–water partition coefficient (Wildman–Crippen LogP) is -1.13. The summed E-state index contributed by atoms with van der Waals surface area (Å²) in [5.41, 5.74) is 0. The van der Waals surface area contributed by atoms with Crippen LogP contribution < -0.4 is 0 Å². The van der Waals surface area contributed by atoms with E-state index in [4.69, 9.17) is 10.0 Å². The summed E-state index contributed by atoms with van der Waals surface area (Å²) in [5, 5.41) is 14.2. The van der Waals surface area contributed by atoms with Crippen LogP contribution in [-0.4, -0.2) is 17.7 Å². The second-order valence-electron chi connectivity index (χ2n) is 0.141. The van der Waals surface area contributed by atoms with Gasteiger partial charge in [-0.3, -0.25) is 0 Å². The smallest absolute Gasteiger partial charge is 0.430 e. The van der Waals surface area contributed by atoms with Crippen LogP contribution in [0.1, 0.15) is 7.43 Å². The van der Waals surface area contributed by atoms with Gasteiger partial charge in [-0.1, -0.05) is 7.43 Å². The maximum Gasteiger partial charge on any atom is 0.432 e. The van der Waals surface area contributed by atoms with E-state index < -0.39 is 7.69 Å². The maximum atomic E-state index is 7.12. The highest BCUT2D eigenvalue weighted by molar-refractivity contribution is 6.13. The zero-order valence-corrected chi connectivity index (χ0v) is 1.60. The molecule has 0 atom stereocenters. The van der Waals surface area contributed by atoms with E-state index in [1.807, 2.05) is 0 Å². The van der Waals surface area contributed by atoms with Crippen LogP contribution in [0.4, 0.5) is 0 Å². The van der Waals surface area contributed by atoms with Gasteiger partial charge in [-0.25, -0.2) is 0 Å². The van der Waals surface area contributed by atoms with Gasteiger partial charge in [0.25, 0.3) is 0 Å². The molecule has 0 aliphatic heterocycles. The molecule has 0 bridgehead atoms. The second kappa shape index (κ2) is 12.1. The lowest BCUT2D eigenvalue weighted by Crippen LogP contribution is -1.75. The first-order chi connectivity index (χ1) is 1.41. The van der Waals surface area contributed by atoms with Crippen molar-refractivity contribution in [3.8, 4) is 0 Å². The fourth-order valence-electron chi connectivity index (χ4n) is 0. The third kappa shape index (κ3) is 8480. The average molecular weight is 61.9 g/mol. The summed E-state index contributed by atoms with van der Waals surface area (Å²) in [5.74, 6) is 0. The Balaban J connectivity index is 0. The summed E-state index contributed by atoms with van der Waals surface area (Å²) in [6, 6.07) is 0. The Bertz CT molecular complexity index is 6.00. The minimum atomic E-state index is -0.750. The normalized spacial score (nSPS) is 3.50. The van der Waals surface area contributed by atoms with Crippen LogP contribution in [0.5, 0.6) is 0 Å². The summed E-state index contributed by atoms with van der Waals surface area (Å²) < 4.78 is 0. The molecule has 3 heteroatoms. The monoisotopic (exact) mass is 62.1 g/mol. The molecule has 2 N–H and O–H groups in total.